The number of nitrogens with one attached hydrogen (secondary N) is 1. The van der Waals surface area contributed by atoms with E-state index in [0.717, 1.165) is 21.7 Å². The zero-order valence-corrected chi connectivity index (χ0v) is 18.4. The lowest BCUT2D eigenvalue weighted by Gasteiger charge is -2.25. The second-order valence-corrected chi connectivity index (χ2v) is 8.50. The number of amides is 1. The summed E-state index contributed by atoms with van der Waals surface area (Å²) >= 11 is 0. The molecule has 0 aliphatic carbocycles. The topological polar surface area (TPSA) is 73.4 Å². The van der Waals surface area contributed by atoms with E-state index >= 15 is 0 Å². The van der Waals surface area contributed by atoms with E-state index in [2.05, 4.69) is 4.98 Å². The highest BCUT2D eigenvalue weighted by Crippen LogP contribution is 2.44. The number of aliphatic hydroxyl groups excluding tert-OH is 1. The Hall–Kier alpha value is -4.71. The maximum atomic E-state index is 13.7. The Labute approximate surface area is 199 Å². The standard InChI is InChI=1S/C29H19FN2O3/c30-20-11-13-21(14-12-20)32-26(23-16-31-24-8-4-3-7-22(23)24)25(28(34)29(32)35)27(33)19-10-9-17-5-1-2-6-18(17)15-19/h1-16,26,31,33H/b27-25+. The minimum Gasteiger partial charge on any atom is -0.507 e. The summed E-state index contributed by atoms with van der Waals surface area (Å²) in [6.45, 7) is 0. The summed E-state index contributed by atoms with van der Waals surface area (Å²) in [6, 6.07) is 25.1. The molecule has 5 nitrogen and oxygen atoms in total. The van der Waals surface area contributed by atoms with Gasteiger partial charge in [0, 0.05) is 33.9 Å². The molecule has 1 aliphatic rings. The number of rotatable bonds is 3. The SMILES string of the molecule is O=C1C(=O)N(c2ccc(F)cc2)C(c2c[nH]c3ccccc23)/C1=C(\O)c1ccc2ccccc2c1. The van der Waals surface area contributed by atoms with Crippen LogP contribution in [0.4, 0.5) is 10.1 Å². The number of hydrogen-bond donors (Lipinski definition) is 2. The monoisotopic (exact) mass is 462 g/mol. The smallest absolute Gasteiger partial charge is 0.300 e. The number of fused-ring (bicyclic) bond motifs is 2. The van der Waals surface area contributed by atoms with Crippen LogP contribution in [0.3, 0.4) is 0 Å². The van der Waals surface area contributed by atoms with Crippen LogP contribution in [0.25, 0.3) is 27.4 Å². The molecular formula is C29H19FN2O3. The van der Waals surface area contributed by atoms with Gasteiger partial charge < -0.3 is 10.1 Å². The van der Waals surface area contributed by atoms with E-state index in [-0.39, 0.29) is 11.3 Å². The number of ketones is 1. The predicted octanol–water partition coefficient (Wildman–Crippen LogP) is 6.09. The molecule has 1 atom stereocenters. The quantitative estimate of drug-likeness (QED) is 0.194. The van der Waals surface area contributed by atoms with Crippen LogP contribution in [0.2, 0.25) is 0 Å². The van der Waals surface area contributed by atoms with Crippen molar-refractivity contribution >= 4 is 44.8 Å². The lowest BCUT2D eigenvalue weighted by Crippen LogP contribution is -2.29. The molecule has 1 aliphatic heterocycles. The van der Waals surface area contributed by atoms with Crippen LogP contribution in [0.15, 0.2) is 103 Å². The maximum Gasteiger partial charge on any atom is 0.300 e. The highest BCUT2D eigenvalue weighted by molar-refractivity contribution is 6.52. The molecule has 2 heterocycles. The number of halogens is 1. The number of carbonyl (C=O) groups is 2. The van der Waals surface area contributed by atoms with Crippen LogP contribution in [0.5, 0.6) is 0 Å². The summed E-state index contributed by atoms with van der Waals surface area (Å²) in [7, 11) is 0. The third-order valence-corrected chi connectivity index (χ3v) is 6.49. The fourth-order valence-electron chi connectivity index (χ4n) is 4.81. The number of hydrogen-bond acceptors (Lipinski definition) is 3. The Morgan fingerprint density at radius 2 is 1.57 bits per heavy atom. The van der Waals surface area contributed by atoms with Gasteiger partial charge in [0.2, 0.25) is 0 Å². The summed E-state index contributed by atoms with van der Waals surface area (Å²) in [6.07, 6.45) is 1.74. The third-order valence-electron chi connectivity index (χ3n) is 6.49. The molecule has 0 spiro atoms. The van der Waals surface area contributed by atoms with Gasteiger partial charge in [-0.3, -0.25) is 14.5 Å². The van der Waals surface area contributed by atoms with E-state index in [1.165, 1.54) is 29.2 Å². The Balaban J connectivity index is 1.61. The predicted molar refractivity (Wildman–Crippen MR) is 133 cm³/mol. The van der Waals surface area contributed by atoms with Gasteiger partial charge in [-0.15, -0.1) is 0 Å². The number of Topliss-reactive ketones (excluding diaryl/α,β-unsaturated/α-hetero) is 1. The van der Waals surface area contributed by atoms with Crippen LogP contribution in [0, 0.1) is 5.82 Å². The van der Waals surface area contributed by atoms with Gasteiger partial charge in [-0.05, 0) is 47.2 Å². The molecule has 6 heteroatoms. The molecule has 5 aromatic rings. The van der Waals surface area contributed by atoms with Gasteiger partial charge in [0.25, 0.3) is 11.7 Å². The number of aromatic amines is 1. The lowest BCUT2D eigenvalue weighted by atomic mass is 9.94. The third kappa shape index (κ3) is 3.30. The van der Waals surface area contributed by atoms with Crippen LogP contribution in [0.1, 0.15) is 17.2 Å². The summed E-state index contributed by atoms with van der Waals surface area (Å²) in [4.78, 5) is 31.2. The van der Waals surface area contributed by atoms with Gasteiger partial charge in [-0.2, -0.15) is 0 Å². The summed E-state index contributed by atoms with van der Waals surface area (Å²) in [5, 5.41) is 14.1. The number of aliphatic hydroxyl groups is 1. The zero-order valence-electron chi connectivity index (χ0n) is 18.4. The number of para-hydroxylation sites is 1. The molecule has 2 N–H and O–H groups in total. The van der Waals surface area contributed by atoms with Crippen molar-refractivity contribution in [1.29, 1.82) is 0 Å². The highest BCUT2D eigenvalue weighted by Gasteiger charge is 2.47. The molecule has 1 aromatic heterocycles. The minimum atomic E-state index is -0.900. The molecule has 1 amide bonds. The van der Waals surface area contributed by atoms with Crippen molar-refractivity contribution in [3.05, 3.63) is 120 Å². The van der Waals surface area contributed by atoms with Crippen molar-refractivity contribution in [3.63, 3.8) is 0 Å². The Kier molecular flexibility index (Phi) is 4.74. The van der Waals surface area contributed by atoms with Crippen LogP contribution < -0.4 is 4.90 Å². The molecule has 1 fully saturated rings. The second-order valence-electron chi connectivity index (χ2n) is 8.50. The highest BCUT2D eigenvalue weighted by atomic mass is 19.1. The largest absolute Gasteiger partial charge is 0.507 e. The molecule has 170 valence electrons. The molecule has 0 radical (unpaired) electrons. The van der Waals surface area contributed by atoms with Crippen molar-refractivity contribution in [3.8, 4) is 0 Å². The molecular weight excluding hydrogens is 443 g/mol. The van der Waals surface area contributed by atoms with Crippen molar-refractivity contribution in [1.82, 2.24) is 4.98 Å². The van der Waals surface area contributed by atoms with Gasteiger partial charge in [-0.25, -0.2) is 4.39 Å². The maximum absolute atomic E-state index is 13.7. The molecule has 0 saturated carbocycles. The molecule has 1 saturated heterocycles. The molecule has 0 bridgehead atoms. The number of anilines is 1. The number of nitrogens with zero attached hydrogens (tertiary/aromatic N) is 1. The zero-order chi connectivity index (χ0) is 24.1. The minimum absolute atomic E-state index is 0.0145. The van der Waals surface area contributed by atoms with E-state index in [1.807, 2.05) is 54.6 Å². The second kappa shape index (κ2) is 7.95. The van der Waals surface area contributed by atoms with Crippen molar-refractivity contribution in [2.45, 2.75) is 6.04 Å². The summed E-state index contributed by atoms with van der Waals surface area (Å²) in [5.74, 6) is -2.29. The number of benzene rings is 4. The van der Waals surface area contributed by atoms with Crippen LogP contribution in [-0.4, -0.2) is 21.8 Å². The van der Waals surface area contributed by atoms with Gasteiger partial charge in [0.15, 0.2) is 0 Å². The van der Waals surface area contributed by atoms with Gasteiger partial charge in [-0.1, -0.05) is 54.6 Å². The van der Waals surface area contributed by atoms with E-state index < -0.39 is 23.5 Å². The average Bonchev–Trinajstić information content (AvgIpc) is 3.42. The summed E-state index contributed by atoms with van der Waals surface area (Å²) in [5.41, 5.74) is 2.27. The Morgan fingerprint density at radius 1 is 0.857 bits per heavy atom. The van der Waals surface area contributed by atoms with Gasteiger partial charge >= 0.3 is 0 Å². The van der Waals surface area contributed by atoms with E-state index in [9.17, 15) is 19.1 Å². The van der Waals surface area contributed by atoms with E-state index in [1.54, 1.807) is 18.3 Å². The van der Waals surface area contributed by atoms with Crippen LogP contribution in [-0.2, 0) is 9.59 Å². The Morgan fingerprint density at radius 3 is 2.37 bits per heavy atom. The fraction of sp³-hybridized carbons (Fsp3) is 0.0345. The average molecular weight is 462 g/mol. The first-order valence-electron chi connectivity index (χ1n) is 11.1. The lowest BCUT2D eigenvalue weighted by molar-refractivity contribution is -0.132. The first-order chi connectivity index (χ1) is 17.0. The van der Waals surface area contributed by atoms with Crippen LogP contribution >= 0.6 is 0 Å². The number of H-pyrrole nitrogens is 1. The van der Waals surface area contributed by atoms with E-state index in [0.29, 0.717) is 16.8 Å². The fourth-order valence-corrected chi connectivity index (χ4v) is 4.81. The first kappa shape index (κ1) is 20.9. The van der Waals surface area contributed by atoms with Crippen molar-refractivity contribution < 1.29 is 19.1 Å². The van der Waals surface area contributed by atoms with Crippen molar-refractivity contribution in [2.24, 2.45) is 0 Å². The normalized spacial score (nSPS) is 17.5. The molecule has 1 unspecified atom stereocenters. The number of carbonyl (C=O) groups excluding carboxylic acids is 2. The summed E-state index contributed by atoms with van der Waals surface area (Å²) < 4.78 is 13.7. The van der Waals surface area contributed by atoms with Crippen molar-refractivity contribution in [2.75, 3.05) is 4.90 Å². The van der Waals surface area contributed by atoms with Gasteiger partial charge in [0.1, 0.15) is 11.6 Å². The Bertz CT molecular complexity index is 1670. The van der Waals surface area contributed by atoms with Gasteiger partial charge in [0.05, 0.1) is 11.6 Å². The molecule has 4 aromatic carbocycles. The van der Waals surface area contributed by atoms with E-state index in [4.69, 9.17) is 0 Å². The molecule has 35 heavy (non-hydrogen) atoms. The molecule has 6 rings (SSSR count). The number of aromatic nitrogens is 1. The first-order valence-corrected chi connectivity index (χ1v) is 11.1.